The Balaban J connectivity index is 1.36. The molecule has 2 aliphatic heterocycles. The third-order valence-electron chi connectivity index (χ3n) is 12.0. The molecular formula is C42H57N3O10S. The highest BCUT2D eigenvalue weighted by Crippen LogP contribution is 2.58. The van der Waals surface area contributed by atoms with E-state index in [1.807, 2.05) is 25.1 Å². The van der Waals surface area contributed by atoms with Crippen LogP contribution in [-0.2, 0) is 33.9 Å². The van der Waals surface area contributed by atoms with E-state index in [2.05, 4.69) is 16.6 Å². The third-order valence-corrected chi connectivity index (χ3v) is 14.2. The molecule has 1 N–H and O–H groups in total. The number of nitrogens with zero attached hydrogens (tertiary/aromatic N) is 2. The van der Waals surface area contributed by atoms with Gasteiger partial charge in [0.05, 0.1) is 54.8 Å². The van der Waals surface area contributed by atoms with E-state index in [-0.39, 0.29) is 61.1 Å². The Morgan fingerprint density at radius 1 is 1.05 bits per heavy atom. The van der Waals surface area contributed by atoms with Gasteiger partial charge in [0.15, 0.2) is 11.5 Å². The molecule has 0 spiro atoms. The van der Waals surface area contributed by atoms with Crippen molar-refractivity contribution in [3.05, 3.63) is 36.4 Å². The van der Waals surface area contributed by atoms with Crippen molar-refractivity contribution in [1.29, 1.82) is 0 Å². The highest BCUT2D eigenvalue weighted by atomic mass is 32.2. The maximum atomic E-state index is 14.9. The van der Waals surface area contributed by atoms with Gasteiger partial charge in [-0.3, -0.25) is 23.9 Å². The molecule has 1 saturated heterocycles. The molecule has 56 heavy (non-hydrogen) atoms. The average molecular weight is 796 g/mol. The predicted octanol–water partition coefficient (Wildman–Crippen LogP) is 5.92. The number of aromatic nitrogens is 1. The first kappa shape index (κ1) is 41.4. The highest BCUT2D eigenvalue weighted by molar-refractivity contribution is 7.91. The maximum Gasteiger partial charge on any atom is 0.307 e. The van der Waals surface area contributed by atoms with Crippen molar-refractivity contribution < 1.29 is 46.5 Å². The second kappa shape index (κ2) is 15.6. The first-order valence-corrected chi connectivity index (χ1v) is 21.2. The Kier molecular flexibility index (Phi) is 11.6. The summed E-state index contributed by atoms with van der Waals surface area (Å²) in [4.78, 5) is 63.0. The molecular weight excluding hydrogens is 739 g/mol. The molecule has 7 atom stereocenters. The number of hydrogen-bond donors (Lipinski definition) is 1. The molecule has 3 fully saturated rings. The van der Waals surface area contributed by atoms with Crippen molar-refractivity contribution >= 4 is 44.5 Å². The molecule has 14 heteroatoms. The number of methoxy groups -OCH3 is 2. The second-order valence-electron chi connectivity index (χ2n) is 17.8. The standard InChI is InChI=1S/C42H57N3O10S/c1-25-11-9-10-12-28-22-42(28,39(49)44-56(50,51)41(6)15-16-41)23-34(46)33-20-30(54-35-19-27-18-29(52-7)13-14-32(27)43-37(35)53-8)24-45(33)38(48)31(26(2)17-25)21-36(47)55-40(3,4)5/h10,12-14,18-19,25-26,28,30-31,33H,9,11,15-17,20-24H2,1-8H3,(H,44,49)/b12-10-/t25-,26-,28-,30-,31+,33+,42-/m1/s1. The number of hydrogen-bond acceptors (Lipinski definition) is 11. The van der Waals surface area contributed by atoms with E-state index >= 15 is 0 Å². The van der Waals surface area contributed by atoms with E-state index in [0.717, 1.165) is 11.8 Å². The lowest BCUT2D eigenvalue weighted by Crippen LogP contribution is -2.48. The smallest absolute Gasteiger partial charge is 0.307 e. The van der Waals surface area contributed by atoms with Gasteiger partial charge >= 0.3 is 5.97 Å². The molecule has 3 heterocycles. The van der Waals surface area contributed by atoms with Crippen molar-refractivity contribution in [2.45, 2.75) is 122 Å². The van der Waals surface area contributed by atoms with Crippen molar-refractivity contribution in [2.24, 2.45) is 29.1 Å². The number of Topliss-reactive ketones (excluding diaryl/α,β-unsaturated/α-hetero) is 1. The Morgan fingerprint density at radius 2 is 1.79 bits per heavy atom. The Bertz CT molecular complexity index is 2000. The molecule has 2 aromatic rings. The van der Waals surface area contributed by atoms with Crippen molar-refractivity contribution in [1.82, 2.24) is 14.6 Å². The number of ketones is 1. The Labute approximate surface area is 330 Å². The largest absolute Gasteiger partial charge is 0.497 e. The highest BCUT2D eigenvalue weighted by Gasteiger charge is 2.62. The summed E-state index contributed by atoms with van der Waals surface area (Å²) in [6, 6.07) is 6.19. The lowest BCUT2D eigenvalue weighted by molar-refractivity contribution is -0.160. The minimum Gasteiger partial charge on any atom is -0.497 e. The van der Waals surface area contributed by atoms with Crippen molar-refractivity contribution in [3.63, 3.8) is 0 Å². The van der Waals surface area contributed by atoms with Crippen molar-refractivity contribution in [3.8, 4) is 17.4 Å². The van der Waals surface area contributed by atoms with Crippen LogP contribution in [0.1, 0.15) is 99.3 Å². The number of pyridine rings is 1. The summed E-state index contributed by atoms with van der Waals surface area (Å²) in [5.74, 6) is -1.91. The fourth-order valence-corrected chi connectivity index (χ4v) is 9.64. The first-order valence-electron chi connectivity index (χ1n) is 19.8. The molecule has 306 valence electrons. The summed E-state index contributed by atoms with van der Waals surface area (Å²) < 4.78 is 51.0. The normalized spacial score (nSPS) is 29.9. The molecule has 2 saturated carbocycles. The van der Waals surface area contributed by atoms with Gasteiger partial charge in [0, 0.05) is 18.2 Å². The summed E-state index contributed by atoms with van der Waals surface area (Å²) in [7, 11) is -0.910. The number of carbonyl (C=O) groups is 4. The number of esters is 1. The van der Waals surface area contributed by atoms with Crippen LogP contribution in [0, 0.1) is 29.1 Å². The maximum absolute atomic E-state index is 14.9. The number of benzene rings is 1. The van der Waals surface area contributed by atoms with Crippen LogP contribution >= 0.6 is 0 Å². The van der Waals surface area contributed by atoms with Gasteiger partial charge in [-0.15, -0.1) is 0 Å². The average Bonchev–Trinajstić information content (AvgIpc) is 4.00. The minimum absolute atomic E-state index is 0.0247. The molecule has 4 aliphatic rings. The first-order chi connectivity index (χ1) is 26.3. The Hall–Kier alpha value is -4.20. The fraction of sp³-hybridized carbons (Fsp3) is 0.643. The van der Waals surface area contributed by atoms with Gasteiger partial charge in [0.1, 0.15) is 17.5 Å². The molecule has 2 aliphatic carbocycles. The zero-order valence-electron chi connectivity index (χ0n) is 33.9. The van der Waals surface area contributed by atoms with Crippen molar-refractivity contribution in [2.75, 3.05) is 20.8 Å². The second-order valence-corrected chi connectivity index (χ2v) is 19.9. The number of ether oxygens (including phenoxy) is 4. The number of allylic oxidation sites excluding steroid dienone is 2. The van der Waals surface area contributed by atoms with Crippen LogP contribution < -0.4 is 18.9 Å². The topological polar surface area (TPSA) is 167 Å². The minimum atomic E-state index is -3.96. The van der Waals surface area contributed by atoms with Gasteiger partial charge in [-0.2, -0.15) is 0 Å². The number of rotatable bonds is 9. The molecule has 0 radical (unpaired) electrons. The SMILES string of the molecule is COc1ccc2nc(OC)c(O[C@@H]3C[C@H]4C(=O)C[C@]5(C(=O)NS(=O)(=O)C6(C)CC6)C[C@H]5/C=C\CC[C@@H](C)C[C@@H](C)[C@H](CC(=O)OC(C)(C)C)C(=O)N4C3)cc2c1. The summed E-state index contributed by atoms with van der Waals surface area (Å²) in [5, 5.41) is 0.733. The van der Waals surface area contributed by atoms with E-state index in [1.54, 1.807) is 53.0 Å². The number of amides is 2. The van der Waals surface area contributed by atoms with Gasteiger partial charge in [-0.25, -0.2) is 13.4 Å². The number of sulfonamides is 1. The van der Waals surface area contributed by atoms with Crippen LogP contribution in [0.4, 0.5) is 0 Å². The van der Waals surface area contributed by atoms with Gasteiger partial charge in [0.2, 0.25) is 21.8 Å². The lowest BCUT2D eigenvalue weighted by Gasteiger charge is -2.32. The van der Waals surface area contributed by atoms with Gasteiger partial charge in [-0.1, -0.05) is 26.0 Å². The van der Waals surface area contributed by atoms with E-state index in [4.69, 9.17) is 18.9 Å². The fourth-order valence-electron chi connectivity index (χ4n) is 8.30. The summed E-state index contributed by atoms with van der Waals surface area (Å²) in [6.45, 7) is 11.0. The zero-order valence-corrected chi connectivity index (χ0v) is 34.7. The number of nitrogens with one attached hydrogen (secondary N) is 1. The molecule has 2 amide bonds. The quantitative estimate of drug-likeness (QED) is 0.236. The van der Waals surface area contributed by atoms with E-state index in [9.17, 15) is 27.6 Å². The van der Waals surface area contributed by atoms with Gasteiger partial charge in [0.25, 0.3) is 5.88 Å². The summed E-state index contributed by atoms with van der Waals surface area (Å²) in [6.07, 6.45) is 6.35. The monoisotopic (exact) mass is 795 g/mol. The molecule has 1 aromatic heterocycles. The van der Waals surface area contributed by atoms with Crippen LogP contribution in [0.5, 0.6) is 17.4 Å². The van der Waals surface area contributed by atoms with Crippen LogP contribution in [0.15, 0.2) is 36.4 Å². The van der Waals surface area contributed by atoms with E-state index < -0.39 is 55.7 Å². The van der Waals surface area contributed by atoms with E-state index in [0.29, 0.717) is 49.1 Å². The summed E-state index contributed by atoms with van der Waals surface area (Å²) in [5.41, 5.74) is -1.38. The molecule has 0 bridgehead atoms. The van der Waals surface area contributed by atoms with Crippen LogP contribution in [-0.4, -0.2) is 85.1 Å². The van der Waals surface area contributed by atoms with E-state index in [1.165, 1.54) is 12.0 Å². The zero-order chi connectivity index (χ0) is 40.8. The number of fused-ring (bicyclic) bond motifs is 3. The predicted molar refractivity (Wildman–Crippen MR) is 210 cm³/mol. The van der Waals surface area contributed by atoms with Crippen LogP contribution in [0.2, 0.25) is 0 Å². The number of carbonyl (C=O) groups excluding carboxylic acids is 4. The molecule has 1 aromatic carbocycles. The summed E-state index contributed by atoms with van der Waals surface area (Å²) >= 11 is 0. The third kappa shape index (κ3) is 8.84. The lowest BCUT2D eigenvalue weighted by atomic mass is 9.82. The molecule has 6 rings (SSSR count). The Morgan fingerprint density at radius 3 is 2.45 bits per heavy atom. The van der Waals surface area contributed by atoms with Crippen LogP contribution in [0.25, 0.3) is 10.9 Å². The molecule has 13 nitrogen and oxygen atoms in total. The van der Waals surface area contributed by atoms with Gasteiger partial charge in [-0.05, 0) is 108 Å². The van der Waals surface area contributed by atoms with Gasteiger partial charge < -0.3 is 23.8 Å². The van der Waals surface area contributed by atoms with Crippen LogP contribution in [0.3, 0.4) is 0 Å². The molecule has 0 unspecified atom stereocenters.